The van der Waals surface area contributed by atoms with Gasteiger partial charge in [0.25, 0.3) is 0 Å². The third-order valence-electron chi connectivity index (χ3n) is 1.97. The van der Waals surface area contributed by atoms with Gasteiger partial charge in [0.2, 0.25) is 11.8 Å². The highest BCUT2D eigenvalue weighted by atomic mass is 16.2. The Labute approximate surface area is 77.4 Å². The van der Waals surface area contributed by atoms with Gasteiger partial charge in [-0.15, -0.1) is 0 Å². The van der Waals surface area contributed by atoms with E-state index in [1.54, 1.807) is 12.2 Å². The van der Waals surface area contributed by atoms with Crippen molar-refractivity contribution in [3.63, 3.8) is 0 Å². The van der Waals surface area contributed by atoms with Crippen molar-refractivity contribution in [3.05, 3.63) is 12.2 Å². The Bertz CT molecular complexity index is 220. The van der Waals surface area contributed by atoms with Crippen LogP contribution in [0.15, 0.2) is 12.2 Å². The minimum Gasteiger partial charge on any atom is -0.327 e. The van der Waals surface area contributed by atoms with Crippen molar-refractivity contribution in [1.29, 1.82) is 0 Å². The first-order chi connectivity index (χ1) is 6.25. The summed E-state index contributed by atoms with van der Waals surface area (Å²) in [7, 11) is 0. The van der Waals surface area contributed by atoms with E-state index in [9.17, 15) is 9.59 Å². The molecule has 72 valence electrons. The molecule has 1 aliphatic rings. The molecule has 1 saturated heterocycles. The molecule has 0 bridgehead atoms. The minimum atomic E-state index is -0.0714. The lowest BCUT2D eigenvalue weighted by atomic mass is 10.1. The molecule has 0 spiro atoms. The van der Waals surface area contributed by atoms with Gasteiger partial charge in [-0.05, 0) is 6.42 Å². The summed E-state index contributed by atoms with van der Waals surface area (Å²) in [6, 6.07) is 0. The van der Waals surface area contributed by atoms with Gasteiger partial charge in [-0.25, -0.2) is 0 Å². The second kappa shape index (κ2) is 4.77. The number of amides is 2. The SMILES string of the molecule is NC/C=C/CN1C(=O)CCCC1=O. The van der Waals surface area contributed by atoms with Crippen molar-refractivity contribution >= 4 is 11.8 Å². The standard InChI is InChI=1S/C9H14N2O2/c10-6-1-2-7-11-8(12)4-3-5-9(11)13/h1-2H,3-7,10H2/b2-1+. The third kappa shape index (κ3) is 2.66. The van der Waals surface area contributed by atoms with Gasteiger partial charge in [0, 0.05) is 25.9 Å². The monoisotopic (exact) mass is 182 g/mol. The van der Waals surface area contributed by atoms with Gasteiger partial charge in [-0.2, -0.15) is 0 Å². The van der Waals surface area contributed by atoms with Crippen LogP contribution in [-0.4, -0.2) is 29.8 Å². The second-order valence-electron chi connectivity index (χ2n) is 2.96. The molecule has 0 aliphatic carbocycles. The van der Waals surface area contributed by atoms with E-state index in [1.165, 1.54) is 4.90 Å². The first kappa shape index (κ1) is 9.92. The molecule has 2 N–H and O–H groups in total. The zero-order valence-electron chi connectivity index (χ0n) is 7.53. The van der Waals surface area contributed by atoms with E-state index in [4.69, 9.17) is 5.73 Å². The molecule has 4 heteroatoms. The summed E-state index contributed by atoms with van der Waals surface area (Å²) in [5.74, 6) is -0.143. The fourth-order valence-electron chi connectivity index (χ4n) is 1.28. The van der Waals surface area contributed by atoms with E-state index < -0.39 is 0 Å². The summed E-state index contributed by atoms with van der Waals surface area (Å²) in [5, 5.41) is 0. The third-order valence-corrected chi connectivity index (χ3v) is 1.97. The van der Waals surface area contributed by atoms with E-state index in [0.717, 1.165) is 0 Å². The Morgan fingerprint density at radius 1 is 1.23 bits per heavy atom. The Balaban J connectivity index is 2.49. The van der Waals surface area contributed by atoms with Crippen LogP contribution in [0.5, 0.6) is 0 Å². The van der Waals surface area contributed by atoms with Gasteiger partial charge in [0.15, 0.2) is 0 Å². The van der Waals surface area contributed by atoms with Gasteiger partial charge >= 0.3 is 0 Å². The number of likely N-dealkylation sites (tertiary alicyclic amines) is 1. The molecule has 0 aromatic rings. The van der Waals surface area contributed by atoms with Crippen LogP contribution in [0, 0.1) is 0 Å². The molecule has 1 heterocycles. The molecule has 0 aromatic carbocycles. The van der Waals surface area contributed by atoms with Crippen LogP contribution in [-0.2, 0) is 9.59 Å². The van der Waals surface area contributed by atoms with Crippen LogP contribution in [0.2, 0.25) is 0 Å². The lowest BCUT2D eigenvalue weighted by molar-refractivity contribution is -0.147. The van der Waals surface area contributed by atoms with Crippen molar-refractivity contribution in [2.75, 3.05) is 13.1 Å². The van der Waals surface area contributed by atoms with Crippen LogP contribution in [0.25, 0.3) is 0 Å². The fourth-order valence-corrected chi connectivity index (χ4v) is 1.28. The topological polar surface area (TPSA) is 63.4 Å². The molecule has 0 saturated carbocycles. The number of rotatable bonds is 3. The molecular formula is C9H14N2O2. The number of carbonyl (C=O) groups excluding carboxylic acids is 2. The lowest BCUT2D eigenvalue weighted by Gasteiger charge is -2.23. The van der Waals surface area contributed by atoms with Crippen molar-refractivity contribution in [2.45, 2.75) is 19.3 Å². The van der Waals surface area contributed by atoms with Crippen LogP contribution < -0.4 is 5.73 Å². The highest BCUT2D eigenvalue weighted by Gasteiger charge is 2.24. The Kier molecular flexibility index (Phi) is 3.64. The average Bonchev–Trinajstić information content (AvgIpc) is 2.10. The normalized spacial score (nSPS) is 18.7. The summed E-state index contributed by atoms with van der Waals surface area (Å²) in [6.45, 7) is 0.811. The maximum absolute atomic E-state index is 11.2. The zero-order chi connectivity index (χ0) is 9.68. The molecule has 13 heavy (non-hydrogen) atoms. The summed E-state index contributed by atoms with van der Waals surface area (Å²) in [5.41, 5.74) is 5.24. The Morgan fingerprint density at radius 3 is 2.38 bits per heavy atom. The van der Waals surface area contributed by atoms with Gasteiger partial charge in [-0.1, -0.05) is 12.2 Å². The maximum Gasteiger partial charge on any atom is 0.229 e. The maximum atomic E-state index is 11.2. The summed E-state index contributed by atoms with van der Waals surface area (Å²) in [6.07, 6.45) is 5.16. The molecule has 1 rings (SSSR count). The van der Waals surface area contributed by atoms with Gasteiger partial charge in [-0.3, -0.25) is 14.5 Å². The molecule has 1 fully saturated rings. The van der Waals surface area contributed by atoms with Crippen LogP contribution in [0.1, 0.15) is 19.3 Å². The number of piperidine rings is 1. The number of nitrogens with zero attached hydrogens (tertiary/aromatic N) is 1. The zero-order valence-corrected chi connectivity index (χ0v) is 7.53. The average molecular weight is 182 g/mol. The molecule has 4 nitrogen and oxygen atoms in total. The van der Waals surface area contributed by atoms with Crippen molar-refractivity contribution < 1.29 is 9.59 Å². The van der Waals surface area contributed by atoms with Crippen LogP contribution in [0.3, 0.4) is 0 Å². The Morgan fingerprint density at radius 2 is 1.85 bits per heavy atom. The van der Waals surface area contributed by atoms with Crippen molar-refractivity contribution in [2.24, 2.45) is 5.73 Å². The minimum absolute atomic E-state index is 0.0714. The molecular weight excluding hydrogens is 168 g/mol. The molecule has 2 amide bonds. The van der Waals surface area contributed by atoms with Crippen molar-refractivity contribution in [3.8, 4) is 0 Å². The van der Waals surface area contributed by atoms with Gasteiger partial charge in [0.05, 0.1) is 0 Å². The number of carbonyl (C=O) groups is 2. The van der Waals surface area contributed by atoms with Crippen molar-refractivity contribution in [1.82, 2.24) is 4.90 Å². The fraction of sp³-hybridized carbons (Fsp3) is 0.556. The quantitative estimate of drug-likeness (QED) is 0.495. The summed E-state index contributed by atoms with van der Waals surface area (Å²) in [4.78, 5) is 23.8. The van der Waals surface area contributed by atoms with E-state index in [0.29, 0.717) is 32.4 Å². The highest BCUT2D eigenvalue weighted by Crippen LogP contribution is 2.11. The molecule has 0 aromatic heterocycles. The molecule has 1 aliphatic heterocycles. The molecule has 0 unspecified atom stereocenters. The van der Waals surface area contributed by atoms with E-state index in [-0.39, 0.29) is 11.8 Å². The molecule has 0 atom stereocenters. The van der Waals surface area contributed by atoms with E-state index in [1.807, 2.05) is 0 Å². The molecule has 0 radical (unpaired) electrons. The lowest BCUT2D eigenvalue weighted by Crippen LogP contribution is -2.40. The van der Waals surface area contributed by atoms with Crippen LogP contribution in [0.4, 0.5) is 0 Å². The number of hydrogen-bond donors (Lipinski definition) is 1. The Hall–Kier alpha value is -1.16. The van der Waals surface area contributed by atoms with Crippen LogP contribution >= 0.6 is 0 Å². The number of nitrogens with two attached hydrogens (primary N) is 1. The summed E-state index contributed by atoms with van der Waals surface area (Å²) >= 11 is 0. The first-order valence-electron chi connectivity index (χ1n) is 4.44. The smallest absolute Gasteiger partial charge is 0.229 e. The number of imide groups is 1. The van der Waals surface area contributed by atoms with Gasteiger partial charge in [0.1, 0.15) is 0 Å². The predicted molar refractivity (Wildman–Crippen MR) is 48.8 cm³/mol. The first-order valence-corrected chi connectivity index (χ1v) is 4.44. The van der Waals surface area contributed by atoms with E-state index in [2.05, 4.69) is 0 Å². The summed E-state index contributed by atoms with van der Waals surface area (Å²) < 4.78 is 0. The van der Waals surface area contributed by atoms with Gasteiger partial charge < -0.3 is 5.73 Å². The number of hydrogen-bond acceptors (Lipinski definition) is 3. The predicted octanol–water partition coefficient (Wildman–Crippen LogP) is 0.0404. The highest BCUT2D eigenvalue weighted by molar-refractivity contribution is 5.97. The second-order valence-corrected chi connectivity index (χ2v) is 2.96. The van der Waals surface area contributed by atoms with E-state index >= 15 is 0 Å². The largest absolute Gasteiger partial charge is 0.327 e.